The normalized spacial score (nSPS) is 15.1. The third-order valence-corrected chi connectivity index (χ3v) is 3.19. The van der Waals surface area contributed by atoms with Crippen LogP contribution in [-0.2, 0) is 6.61 Å². The van der Waals surface area contributed by atoms with Gasteiger partial charge in [0.15, 0.2) is 0 Å². The van der Waals surface area contributed by atoms with Crippen LogP contribution >= 0.6 is 0 Å². The summed E-state index contributed by atoms with van der Waals surface area (Å²) in [5, 5.41) is 8.92. The molecular weight excluding hydrogens is 172 g/mol. The Bertz CT molecular complexity index is 263. The number of hydrogen-bond acceptors (Lipinski definition) is 1. The lowest BCUT2D eigenvalue weighted by Gasteiger charge is -2.18. The molecular formula is C13H20O. The molecule has 0 heterocycles. The van der Waals surface area contributed by atoms with Gasteiger partial charge in [0.2, 0.25) is 0 Å². The molecule has 0 fully saturated rings. The van der Waals surface area contributed by atoms with Crippen molar-refractivity contribution in [3.05, 3.63) is 35.4 Å². The summed E-state index contributed by atoms with van der Waals surface area (Å²) in [6, 6.07) is 8.27. The summed E-state index contributed by atoms with van der Waals surface area (Å²) >= 11 is 0. The maximum Gasteiger partial charge on any atom is 0.0681 e. The van der Waals surface area contributed by atoms with Crippen LogP contribution in [0.2, 0.25) is 0 Å². The molecule has 1 nitrogen and oxygen atoms in total. The summed E-state index contributed by atoms with van der Waals surface area (Å²) in [7, 11) is 0. The van der Waals surface area contributed by atoms with E-state index in [2.05, 4.69) is 32.9 Å². The fraction of sp³-hybridized carbons (Fsp3) is 0.538. The first kappa shape index (κ1) is 11.3. The zero-order chi connectivity index (χ0) is 10.6. The van der Waals surface area contributed by atoms with Crippen molar-refractivity contribution in [2.24, 2.45) is 5.92 Å². The molecule has 78 valence electrons. The Hall–Kier alpha value is -0.820. The van der Waals surface area contributed by atoms with Gasteiger partial charge in [-0.3, -0.25) is 0 Å². The van der Waals surface area contributed by atoms with Crippen LogP contribution in [0.4, 0.5) is 0 Å². The van der Waals surface area contributed by atoms with E-state index in [-0.39, 0.29) is 6.61 Å². The minimum atomic E-state index is 0.137. The van der Waals surface area contributed by atoms with Crippen molar-refractivity contribution in [2.45, 2.75) is 39.7 Å². The average molecular weight is 192 g/mol. The average Bonchev–Trinajstić information content (AvgIpc) is 2.27. The van der Waals surface area contributed by atoms with Crippen molar-refractivity contribution in [3.63, 3.8) is 0 Å². The molecule has 2 unspecified atom stereocenters. The Morgan fingerprint density at radius 1 is 1.14 bits per heavy atom. The Morgan fingerprint density at radius 2 is 1.71 bits per heavy atom. The first-order valence-electron chi connectivity index (χ1n) is 5.38. The molecule has 0 aliphatic heterocycles. The molecule has 1 aromatic carbocycles. The second kappa shape index (κ2) is 5.16. The predicted octanol–water partition coefficient (Wildman–Crippen LogP) is 3.33. The molecule has 0 saturated carbocycles. The van der Waals surface area contributed by atoms with Gasteiger partial charge < -0.3 is 5.11 Å². The molecule has 1 rings (SSSR count). The van der Waals surface area contributed by atoms with Gasteiger partial charge in [-0.05, 0) is 23.0 Å². The summed E-state index contributed by atoms with van der Waals surface area (Å²) in [5.41, 5.74) is 2.36. The van der Waals surface area contributed by atoms with Crippen LogP contribution in [0.3, 0.4) is 0 Å². The highest BCUT2D eigenvalue weighted by Gasteiger charge is 2.11. The third kappa shape index (κ3) is 2.58. The van der Waals surface area contributed by atoms with Crippen LogP contribution < -0.4 is 0 Å². The molecule has 1 heteroatoms. The van der Waals surface area contributed by atoms with Crippen molar-refractivity contribution in [2.75, 3.05) is 0 Å². The topological polar surface area (TPSA) is 20.2 Å². The second-order valence-electron chi connectivity index (χ2n) is 4.07. The van der Waals surface area contributed by atoms with Crippen LogP contribution in [0, 0.1) is 5.92 Å². The predicted molar refractivity (Wildman–Crippen MR) is 60.2 cm³/mol. The highest BCUT2D eigenvalue weighted by atomic mass is 16.3. The smallest absolute Gasteiger partial charge is 0.0681 e. The van der Waals surface area contributed by atoms with E-state index in [1.165, 1.54) is 12.0 Å². The molecule has 2 atom stereocenters. The van der Waals surface area contributed by atoms with Gasteiger partial charge in [0.05, 0.1) is 6.61 Å². The molecule has 0 amide bonds. The quantitative estimate of drug-likeness (QED) is 0.775. The maximum absolute atomic E-state index is 8.92. The van der Waals surface area contributed by atoms with Gasteiger partial charge in [-0.2, -0.15) is 0 Å². The summed E-state index contributed by atoms with van der Waals surface area (Å²) < 4.78 is 0. The standard InChI is InChI=1S/C13H20O/c1-4-10(2)11(3)13-7-5-12(9-14)6-8-13/h5-8,10-11,14H,4,9H2,1-3H3. The van der Waals surface area contributed by atoms with Crippen molar-refractivity contribution in [1.82, 2.24) is 0 Å². The van der Waals surface area contributed by atoms with Crippen molar-refractivity contribution >= 4 is 0 Å². The molecule has 0 bridgehead atoms. The zero-order valence-corrected chi connectivity index (χ0v) is 9.33. The second-order valence-corrected chi connectivity index (χ2v) is 4.07. The first-order valence-corrected chi connectivity index (χ1v) is 5.38. The summed E-state index contributed by atoms with van der Waals surface area (Å²) in [6.07, 6.45) is 1.21. The zero-order valence-electron chi connectivity index (χ0n) is 9.33. The van der Waals surface area contributed by atoms with Crippen molar-refractivity contribution < 1.29 is 5.11 Å². The van der Waals surface area contributed by atoms with Crippen LogP contribution in [-0.4, -0.2) is 5.11 Å². The van der Waals surface area contributed by atoms with Gasteiger partial charge in [-0.1, -0.05) is 51.5 Å². The van der Waals surface area contributed by atoms with Gasteiger partial charge in [0, 0.05) is 0 Å². The summed E-state index contributed by atoms with van der Waals surface area (Å²) in [5.74, 6) is 1.32. The Morgan fingerprint density at radius 3 is 2.14 bits per heavy atom. The van der Waals surface area contributed by atoms with E-state index in [1.54, 1.807) is 0 Å². The Kier molecular flexibility index (Phi) is 4.15. The third-order valence-electron chi connectivity index (χ3n) is 3.19. The van der Waals surface area contributed by atoms with E-state index in [4.69, 9.17) is 5.11 Å². The number of hydrogen-bond donors (Lipinski definition) is 1. The molecule has 0 radical (unpaired) electrons. The van der Waals surface area contributed by atoms with E-state index in [1.807, 2.05) is 12.1 Å². The minimum Gasteiger partial charge on any atom is -0.392 e. The molecule has 14 heavy (non-hydrogen) atoms. The van der Waals surface area contributed by atoms with Gasteiger partial charge in [-0.15, -0.1) is 0 Å². The summed E-state index contributed by atoms with van der Waals surface area (Å²) in [4.78, 5) is 0. The summed E-state index contributed by atoms with van der Waals surface area (Å²) in [6.45, 7) is 6.91. The fourth-order valence-electron chi connectivity index (χ4n) is 1.61. The molecule has 1 aromatic rings. The van der Waals surface area contributed by atoms with Crippen molar-refractivity contribution in [1.29, 1.82) is 0 Å². The molecule has 0 aliphatic rings. The Balaban J connectivity index is 2.75. The van der Waals surface area contributed by atoms with Gasteiger partial charge in [-0.25, -0.2) is 0 Å². The SMILES string of the molecule is CCC(C)C(C)c1ccc(CO)cc1. The maximum atomic E-state index is 8.92. The van der Waals surface area contributed by atoms with Crippen LogP contribution in [0.5, 0.6) is 0 Å². The number of aliphatic hydroxyl groups is 1. The van der Waals surface area contributed by atoms with Gasteiger partial charge >= 0.3 is 0 Å². The van der Waals surface area contributed by atoms with E-state index >= 15 is 0 Å². The minimum absolute atomic E-state index is 0.137. The molecule has 0 saturated heterocycles. The van der Waals surface area contributed by atoms with E-state index in [0.29, 0.717) is 5.92 Å². The lowest BCUT2D eigenvalue weighted by molar-refractivity contribution is 0.282. The largest absolute Gasteiger partial charge is 0.392 e. The number of aliphatic hydroxyl groups excluding tert-OH is 1. The fourth-order valence-corrected chi connectivity index (χ4v) is 1.61. The number of benzene rings is 1. The lowest BCUT2D eigenvalue weighted by atomic mass is 9.87. The monoisotopic (exact) mass is 192 g/mol. The lowest BCUT2D eigenvalue weighted by Crippen LogP contribution is -2.04. The van der Waals surface area contributed by atoms with Crippen LogP contribution in [0.1, 0.15) is 44.2 Å². The van der Waals surface area contributed by atoms with Gasteiger partial charge in [0.1, 0.15) is 0 Å². The molecule has 0 spiro atoms. The van der Waals surface area contributed by atoms with E-state index in [9.17, 15) is 0 Å². The Labute approximate surface area is 86.8 Å². The highest BCUT2D eigenvalue weighted by Crippen LogP contribution is 2.26. The van der Waals surface area contributed by atoms with Gasteiger partial charge in [0.25, 0.3) is 0 Å². The highest BCUT2D eigenvalue weighted by molar-refractivity contribution is 5.24. The molecule has 0 aliphatic carbocycles. The first-order chi connectivity index (χ1) is 6.69. The van der Waals surface area contributed by atoms with Crippen LogP contribution in [0.25, 0.3) is 0 Å². The van der Waals surface area contributed by atoms with Crippen molar-refractivity contribution in [3.8, 4) is 0 Å². The van der Waals surface area contributed by atoms with Crippen LogP contribution in [0.15, 0.2) is 24.3 Å². The van der Waals surface area contributed by atoms with E-state index < -0.39 is 0 Å². The molecule has 0 aromatic heterocycles. The molecule has 1 N–H and O–H groups in total. The number of rotatable bonds is 4. The van der Waals surface area contributed by atoms with E-state index in [0.717, 1.165) is 11.5 Å².